The third-order valence-electron chi connectivity index (χ3n) is 2.85. The van der Waals surface area contributed by atoms with Crippen molar-refractivity contribution in [1.29, 1.82) is 0 Å². The zero-order valence-corrected chi connectivity index (χ0v) is 12.4. The highest BCUT2D eigenvalue weighted by atomic mass is 79.9. The fourth-order valence-electron chi connectivity index (χ4n) is 1.74. The molecule has 1 N–H and O–H groups in total. The number of hydrogen-bond acceptors (Lipinski definition) is 3. The van der Waals surface area contributed by atoms with Crippen LogP contribution in [-0.4, -0.2) is 24.7 Å². The van der Waals surface area contributed by atoms with Crippen molar-refractivity contribution in [2.75, 3.05) is 13.7 Å². The summed E-state index contributed by atoms with van der Waals surface area (Å²) in [5, 5.41) is 3.26. The molecular weight excluding hydrogens is 304 g/mol. The molecule has 1 aromatic heterocycles. The van der Waals surface area contributed by atoms with Crippen LogP contribution in [0.5, 0.6) is 5.75 Å². The van der Waals surface area contributed by atoms with Crippen molar-refractivity contribution in [3.8, 4) is 5.75 Å². The van der Waals surface area contributed by atoms with Crippen LogP contribution in [0.2, 0.25) is 0 Å². The third-order valence-corrected chi connectivity index (χ3v) is 3.32. The number of benzene rings is 1. The van der Waals surface area contributed by atoms with Gasteiger partial charge in [0.2, 0.25) is 0 Å². The Balaban J connectivity index is 1.88. The van der Waals surface area contributed by atoms with E-state index in [1.807, 2.05) is 55.7 Å². The molecule has 0 spiro atoms. The van der Waals surface area contributed by atoms with Gasteiger partial charge in [-0.05, 0) is 47.2 Å². The van der Waals surface area contributed by atoms with Crippen molar-refractivity contribution >= 4 is 15.9 Å². The molecule has 3 nitrogen and oxygen atoms in total. The number of nitrogens with one attached hydrogen (secondary N) is 1. The second kappa shape index (κ2) is 7.26. The summed E-state index contributed by atoms with van der Waals surface area (Å²) in [7, 11) is 1.94. The Morgan fingerprint density at radius 3 is 2.63 bits per heavy atom. The van der Waals surface area contributed by atoms with Crippen molar-refractivity contribution in [2.24, 2.45) is 0 Å². The quantitative estimate of drug-likeness (QED) is 0.888. The average molecular weight is 321 g/mol. The first kappa shape index (κ1) is 14.0. The van der Waals surface area contributed by atoms with E-state index in [2.05, 4.69) is 26.2 Å². The SMILES string of the molecule is CNC(COc1ccccc1)Cc1ccc(Br)cn1. The number of likely N-dealkylation sites (N-methyl/N-ethyl adjacent to an activating group) is 1. The van der Waals surface area contributed by atoms with Crippen molar-refractivity contribution in [3.63, 3.8) is 0 Å². The van der Waals surface area contributed by atoms with Crippen LogP contribution in [0.15, 0.2) is 53.1 Å². The fourth-order valence-corrected chi connectivity index (χ4v) is 1.97. The van der Waals surface area contributed by atoms with Gasteiger partial charge in [0.25, 0.3) is 0 Å². The molecule has 1 unspecified atom stereocenters. The lowest BCUT2D eigenvalue weighted by Gasteiger charge is -2.16. The number of aromatic nitrogens is 1. The van der Waals surface area contributed by atoms with E-state index in [1.54, 1.807) is 0 Å². The summed E-state index contributed by atoms with van der Waals surface area (Å²) < 4.78 is 6.75. The number of rotatable bonds is 6. The minimum absolute atomic E-state index is 0.244. The number of halogens is 1. The van der Waals surface area contributed by atoms with Crippen LogP contribution in [0, 0.1) is 0 Å². The summed E-state index contributed by atoms with van der Waals surface area (Å²) in [6, 6.07) is 14.1. The van der Waals surface area contributed by atoms with E-state index in [0.717, 1.165) is 22.3 Å². The minimum atomic E-state index is 0.244. The van der Waals surface area contributed by atoms with Gasteiger partial charge in [0.05, 0.1) is 0 Å². The highest BCUT2D eigenvalue weighted by Crippen LogP contribution is 2.11. The Kier molecular flexibility index (Phi) is 5.36. The highest BCUT2D eigenvalue weighted by molar-refractivity contribution is 9.10. The molecule has 1 heterocycles. The Morgan fingerprint density at radius 2 is 2.00 bits per heavy atom. The first-order valence-electron chi connectivity index (χ1n) is 6.23. The summed E-state index contributed by atoms with van der Waals surface area (Å²) >= 11 is 3.39. The molecule has 0 amide bonds. The van der Waals surface area contributed by atoms with Gasteiger partial charge >= 0.3 is 0 Å². The maximum Gasteiger partial charge on any atom is 0.119 e. The van der Waals surface area contributed by atoms with Gasteiger partial charge in [-0.25, -0.2) is 0 Å². The third kappa shape index (κ3) is 4.65. The van der Waals surface area contributed by atoms with Crippen molar-refractivity contribution < 1.29 is 4.74 Å². The van der Waals surface area contributed by atoms with E-state index in [0.29, 0.717) is 6.61 Å². The molecule has 2 rings (SSSR count). The van der Waals surface area contributed by atoms with Crippen LogP contribution in [0.4, 0.5) is 0 Å². The molecule has 1 atom stereocenters. The molecule has 0 bridgehead atoms. The largest absolute Gasteiger partial charge is 0.492 e. The molecule has 100 valence electrons. The molecule has 0 saturated carbocycles. The van der Waals surface area contributed by atoms with Crippen LogP contribution < -0.4 is 10.1 Å². The number of pyridine rings is 1. The van der Waals surface area contributed by atoms with Crippen molar-refractivity contribution in [2.45, 2.75) is 12.5 Å². The lowest BCUT2D eigenvalue weighted by Crippen LogP contribution is -2.34. The fraction of sp³-hybridized carbons (Fsp3) is 0.267. The van der Waals surface area contributed by atoms with Crippen LogP contribution in [0.25, 0.3) is 0 Å². The number of hydrogen-bond donors (Lipinski definition) is 1. The number of nitrogens with zero attached hydrogens (tertiary/aromatic N) is 1. The highest BCUT2D eigenvalue weighted by Gasteiger charge is 2.09. The van der Waals surface area contributed by atoms with Gasteiger partial charge in [-0.3, -0.25) is 4.98 Å². The Morgan fingerprint density at radius 1 is 1.21 bits per heavy atom. The molecule has 0 aliphatic carbocycles. The molecule has 0 fully saturated rings. The smallest absolute Gasteiger partial charge is 0.119 e. The van der Waals surface area contributed by atoms with Crippen molar-refractivity contribution in [3.05, 3.63) is 58.8 Å². The maximum absolute atomic E-state index is 5.76. The molecule has 4 heteroatoms. The summed E-state index contributed by atoms with van der Waals surface area (Å²) in [6.45, 7) is 0.623. The van der Waals surface area contributed by atoms with Gasteiger partial charge in [-0.2, -0.15) is 0 Å². The molecule has 19 heavy (non-hydrogen) atoms. The van der Waals surface area contributed by atoms with E-state index < -0.39 is 0 Å². The second-order valence-corrected chi connectivity index (χ2v) is 5.20. The van der Waals surface area contributed by atoms with E-state index >= 15 is 0 Å². The van der Waals surface area contributed by atoms with Gasteiger partial charge in [0, 0.05) is 28.8 Å². The zero-order chi connectivity index (χ0) is 13.5. The first-order chi connectivity index (χ1) is 9.28. The lowest BCUT2D eigenvalue weighted by atomic mass is 10.1. The summed E-state index contributed by atoms with van der Waals surface area (Å²) in [5.74, 6) is 0.895. The predicted octanol–water partition coefficient (Wildman–Crippen LogP) is 3.05. The Bertz CT molecular complexity index is 487. The predicted molar refractivity (Wildman–Crippen MR) is 80.4 cm³/mol. The van der Waals surface area contributed by atoms with Crippen molar-refractivity contribution in [1.82, 2.24) is 10.3 Å². The topological polar surface area (TPSA) is 34.1 Å². The Hall–Kier alpha value is -1.39. The number of ether oxygens (including phenoxy) is 1. The van der Waals surface area contributed by atoms with Crippen LogP contribution in [0.3, 0.4) is 0 Å². The molecule has 0 saturated heterocycles. The van der Waals surface area contributed by atoms with E-state index in [1.165, 1.54) is 0 Å². The van der Waals surface area contributed by atoms with Gasteiger partial charge < -0.3 is 10.1 Å². The van der Waals surface area contributed by atoms with Gasteiger partial charge in [0.1, 0.15) is 12.4 Å². The molecule has 1 aromatic carbocycles. The molecule has 0 aliphatic heterocycles. The lowest BCUT2D eigenvalue weighted by molar-refractivity contribution is 0.269. The van der Waals surface area contributed by atoms with Gasteiger partial charge in [-0.1, -0.05) is 18.2 Å². The number of para-hydroxylation sites is 1. The van der Waals surface area contributed by atoms with Gasteiger partial charge in [-0.15, -0.1) is 0 Å². The van der Waals surface area contributed by atoms with Crippen LogP contribution >= 0.6 is 15.9 Å². The minimum Gasteiger partial charge on any atom is -0.492 e. The van der Waals surface area contributed by atoms with Crippen LogP contribution in [-0.2, 0) is 6.42 Å². The zero-order valence-electron chi connectivity index (χ0n) is 10.8. The standard InChI is InChI=1S/C15H17BrN2O/c1-17-14(9-13-8-7-12(16)10-18-13)11-19-15-5-3-2-4-6-15/h2-8,10,14,17H,9,11H2,1H3. The monoisotopic (exact) mass is 320 g/mol. The molecule has 2 aromatic rings. The summed E-state index contributed by atoms with van der Waals surface area (Å²) in [5.41, 5.74) is 1.05. The molecule has 0 aliphatic rings. The summed E-state index contributed by atoms with van der Waals surface area (Å²) in [4.78, 5) is 4.38. The average Bonchev–Trinajstić information content (AvgIpc) is 2.46. The Labute approximate surface area is 122 Å². The maximum atomic E-state index is 5.76. The molecular formula is C15H17BrN2O. The van der Waals surface area contributed by atoms with E-state index in [4.69, 9.17) is 4.74 Å². The van der Waals surface area contributed by atoms with Crippen LogP contribution in [0.1, 0.15) is 5.69 Å². The summed E-state index contributed by atoms with van der Waals surface area (Å²) in [6.07, 6.45) is 2.66. The first-order valence-corrected chi connectivity index (χ1v) is 7.03. The second-order valence-electron chi connectivity index (χ2n) is 4.28. The van der Waals surface area contributed by atoms with E-state index in [-0.39, 0.29) is 6.04 Å². The molecule has 0 radical (unpaired) electrons. The van der Waals surface area contributed by atoms with Gasteiger partial charge in [0.15, 0.2) is 0 Å². The van der Waals surface area contributed by atoms with E-state index in [9.17, 15) is 0 Å². The normalized spacial score (nSPS) is 12.1.